The highest BCUT2D eigenvalue weighted by atomic mass is 35.5. The van der Waals surface area contributed by atoms with Crippen LogP contribution < -0.4 is 0 Å². The number of carbonyl (C=O) groups is 1. The van der Waals surface area contributed by atoms with Crippen molar-refractivity contribution < 1.29 is 9.18 Å². The lowest BCUT2D eigenvalue weighted by molar-refractivity contribution is 0.0991. The molecule has 2 nitrogen and oxygen atoms in total. The SMILES string of the molecule is O=C(Cc1cc(Cl)ccc1F)c1nc2ccccc2s1. The summed E-state index contributed by atoms with van der Waals surface area (Å²) in [6.07, 6.45) is -0.0355. The van der Waals surface area contributed by atoms with E-state index in [2.05, 4.69) is 4.98 Å². The van der Waals surface area contributed by atoms with Crippen LogP contribution in [0.25, 0.3) is 10.2 Å². The van der Waals surface area contributed by atoms with E-state index >= 15 is 0 Å². The number of hydrogen-bond acceptors (Lipinski definition) is 3. The summed E-state index contributed by atoms with van der Waals surface area (Å²) in [6.45, 7) is 0. The van der Waals surface area contributed by atoms with Crippen molar-refractivity contribution in [3.05, 3.63) is 63.9 Å². The number of benzene rings is 2. The van der Waals surface area contributed by atoms with E-state index in [1.54, 1.807) is 0 Å². The lowest BCUT2D eigenvalue weighted by atomic mass is 10.1. The highest BCUT2D eigenvalue weighted by Crippen LogP contribution is 2.23. The molecule has 0 spiro atoms. The second-order valence-electron chi connectivity index (χ2n) is 4.32. The molecule has 1 heterocycles. The number of Topliss-reactive ketones (excluding diaryl/α,β-unsaturated/α-hetero) is 1. The number of hydrogen-bond donors (Lipinski definition) is 0. The molecule has 0 fully saturated rings. The maximum Gasteiger partial charge on any atom is 0.195 e. The van der Waals surface area contributed by atoms with Crippen LogP contribution in [0.1, 0.15) is 15.4 Å². The molecule has 0 radical (unpaired) electrons. The van der Waals surface area contributed by atoms with Crippen molar-refractivity contribution in [1.82, 2.24) is 4.98 Å². The van der Waals surface area contributed by atoms with Crippen LogP contribution in [0.5, 0.6) is 0 Å². The summed E-state index contributed by atoms with van der Waals surface area (Å²) < 4.78 is 14.6. The number of rotatable bonds is 3. The van der Waals surface area contributed by atoms with Crippen LogP contribution in [-0.2, 0) is 6.42 Å². The molecular formula is C15H9ClFNOS. The lowest BCUT2D eigenvalue weighted by Gasteiger charge is -2.01. The predicted molar refractivity (Wildman–Crippen MR) is 79.1 cm³/mol. The molecule has 0 saturated heterocycles. The molecule has 2 aromatic carbocycles. The molecule has 0 aliphatic heterocycles. The van der Waals surface area contributed by atoms with Crippen molar-refractivity contribution in [2.45, 2.75) is 6.42 Å². The summed E-state index contributed by atoms with van der Waals surface area (Å²) in [4.78, 5) is 16.5. The maximum atomic E-state index is 13.6. The molecular weight excluding hydrogens is 297 g/mol. The molecule has 3 rings (SSSR count). The summed E-state index contributed by atoms with van der Waals surface area (Å²) >= 11 is 7.14. The highest BCUT2D eigenvalue weighted by Gasteiger charge is 2.15. The third kappa shape index (κ3) is 2.57. The molecule has 0 N–H and O–H groups in total. The van der Waals surface area contributed by atoms with Crippen molar-refractivity contribution in [3.8, 4) is 0 Å². The van der Waals surface area contributed by atoms with Gasteiger partial charge in [-0.25, -0.2) is 9.37 Å². The Morgan fingerprint density at radius 2 is 2.05 bits per heavy atom. The normalized spacial score (nSPS) is 10.9. The molecule has 0 atom stereocenters. The molecule has 0 unspecified atom stereocenters. The first-order chi connectivity index (χ1) is 9.63. The predicted octanol–water partition coefficient (Wildman–Crippen LogP) is 4.51. The number of para-hydroxylation sites is 1. The molecule has 0 bridgehead atoms. The van der Waals surface area contributed by atoms with E-state index in [1.165, 1.54) is 29.5 Å². The Labute approximate surface area is 123 Å². The highest BCUT2D eigenvalue weighted by molar-refractivity contribution is 7.20. The molecule has 20 heavy (non-hydrogen) atoms. The first-order valence-electron chi connectivity index (χ1n) is 5.96. The van der Waals surface area contributed by atoms with Gasteiger partial charge in [-0.05, 0) is 35.9 Å². The van der Waals surface area contributed by atoms with Gasteiger partial charge in [0.25, 0.3) is 0 Å². The van der Waals surface area contributed by atoms with Crippen molar-refractivity contribution in [3.63, 3.8) is 0 Å². The van der Waals surface area contributed by atoms with E-state index < -0.39 is 5.82 Å². The zero-order valence-corrected chi connectivity index (χ0v) is 11.8. The summed E-state index contributed by atoms with van der Waals surface area (Å²) in [5, 5.41) is 0.809. The average Bonchev–Trinajstić information content (AvgIpc) is 2.87. The second-order valence-corrected chi connectivity index (χ2v) is 5.79. The van der Waals surface area contributed by atoms with Gasteiger partial charge in [0.1, 0.15) is 5.82 Å². The van der Waals surface area contributed by atoms with E-state index in [0.29, 0.717) is 15.6 Å². The van der Waals surface area contributed by atoms with Gasteiger partial charge in [0.2, 0.25) is 0 Å². The molecule has 0 saturated carbocycles. The van der Waals surface area contributed by atoms with Crippen LogP contribution in [0.2, 0.25) is 5.02 Å². The minimum atomic E-state index is -0.427. The van der Waals surface area contributed by atoms with Crippen molar-refractivity contribution >= 4 is 38.9 Å². The van der Waals surface area contributed by atoms with E-state index in [1.807, 2.05) is 24.3 Å². The molecule has 0 aliphatic carbocycles. The quantitative estimate of drug-likeness (QED) is 0.666. The van der Waals surface area contributed by atoms with Gasteiger partial charge >= 0.3 is 0 Å². The van der Waals surface area contributed by atoms with E-state index in [9.17, 15) is 9.18 Å². The van der Waals surface area contributed by atoms with Gasteiger partial charge < -0.3 is 0 Å². The molecule has 100 valence electrons. The van der Waals surface area contributed by atoms with Crippen LogP contribution >= 0.6 is 22.9 Å². The third-order valence-corrected chi connectivity index (χ3v) is 4.20. The van der Waals surface area contributed by atoms with Crippen molar-refractivity contribution in [2.24, 2.45) is 0 Å². The Bertz CT molecular complexity index is 766. The topological polar surface area (TPSA) is 30.0 Å². The average molecular weight is 306 g/mol. The Morgan fingerprint density at radius 3 is 2.85 bits per heavy atom. The van der Waals surface area contributed by atoms with Gasteiger partial charge in [-0.2, -0.15) is 0 Å². The maximum absolute atomic E-state index is 13.6. The third-order valence-electron chi connectivity index (χ3n) is 2.89. The van der Waals surface area contributed by atoms with Gasteiger partial charge in [0.05, 0.1) is 10.2 Å². The number of aromatic nitrogens is 1. The minimum Gasteiger partial charge on any atom is -0.291 e. The van der Waals surface area contributed by atoms with Crippen molar-refractivity contribution in [2.75, 3.05) is 0 Å². The zero-order chi connectivity index (χ0) is 14.1. The van der Waals surface area contributed by atoms with E-state index in [0.717, 1.165) is 10.2 Å². The van der Waals surface area contributed by atoms with Crippen LogP contribution in [0.15, 0.2) is 42.5 Å². The van der Waals surface area contributed by atoms with E-state index in [-0.39, 0.29) is 12.2 Å². The van der Waals surface area contributed by atoms with Crippen LogP contribution in [0.4, 0.5) is 4.39 Å². The van der Waals surface area contributed by atoms with Crippen LogP contribution in [-0.4, -0.2) is 10.8 Å². The van der Waals surface area contributed by atoms with Crippen LogP contribution in [0, 0.1) is 5.82 Å². The second kappa shape index (κ2) is 5.31. The number of thiazole rings is 1. The number of halogens is 2. The summed E-state index contributed by atoms with van der Waals surface area (Å²) in [7, 11) is 0. The summed E-state index contributed by atoms with van der Waals surface area (Å²) in [5.74, 6) is -0.628. The summed E-state index contributed by atoms with van der Waals surface area (Å²) in [6, 6.07) is 11.7. The number of nitrogens with zero attached hydrogens (tertiary/aromatic N) is 1. The fourth-order valence-electron chi connectivity index (χ4n) is 1.92. The first-order valence-corrected chi connectivity index (χ1v) is 7.15. The van der Waals surface area contributed by atoms with Gasteiger partial charge in [-0.3, -0.25) is 4.79 Å². The fraction of sp³-hybridized carbons (Fsp3) is 0.0667. The van der Waals surface area contributed by atoms with Crippen LogP contribution in [0.3, 0.4) is 0 Å². The van der Waals surface area contributed by atoms with Gasteiger partial charge in [-0.15, -0.1) is 11.3 Å². The Balaban J connectivity index is 1.90. The molecule has 0 amide bonds. The number of fused-ring (bicyclic) bond motifs is 1. The van der Waals surface area contributed by atoms with Gasteiger partial charge in [0, 0.05) is 11.4 Å². The van der Waals surface area contributed by atoms with Gasteiger partial charge in [-0.1, -0.05) is 23.7 Å². The molecule has 0 aliphatic rings. The molecule has 5 heteroatoms. The minimum absolute atomic E-state index is 0.0355. The Morgan fingerprint density at radius 1 is 1.25 bits per heavy atom. The van der Waals surface area contributed by atoms with Crippen molar-refractivity contribution in [1.29, 1.82) is 0 Å². The Hall–Kier alpha value is -1.78. The fourth-order valence-corrected chi connectivity index (χ4v) is 3.02. The monoisotopic (exact) mass is 305 g/mol. The standard InChI is InChI=1S/C15H9ClFNOS/c16-10-5-6-11(17)9(7-10)8-13(19)15-18-12-3-1-2-4-14(12)20-15/h1-7H,8H2. The molecule has 1 aromatic heterocycles. The van der Waals surface area contributed by atoms with E-state index in [4.69, 9.17) is 11.6 Å². The smallest absolute Gasteiger partial charge is 0.195 e. The number of ketones is 1. The lowest BCUT2D eigenvalue weighted by Crippen LogP contribution is -2.04. The van der Waals surface area contributed by atoms with Gasteiger partial charge in [0.15, 0.2) is 10.8 Å². The zero-order valence-electron chi connectivity index (χ0n) is 10.3. The first kappa shape index (κ1) is 13.2. The number of carbonyl (C=O) groups excluding carboxylic acids is 1. The largest absolute Gasteiger partial charge is 0.291 e. The summed E-state index contributed by atoms with van der Waals surface area (Å²) in [5.41, 5.74) is 1.08. The molecule has 3 aromatic rings. The Kier molecular flexibility index (Phi) is 3.51.